The van der Waals surface area contributed by atoms with Crippen molar-refractivity contribution in [3.8, 4) is 0 Å². The zero-order valence-corrected chi connectivity index (χ0v) is 10.8. The molecule has 0 aromatic carbocycles. The van der Waals surface area contributed by atoms with Gasteiger partial charge in [0.15, 0.2) is 0 Å². The number of hydrogen-bond donors (Lipinski definition) is 2. The molecule has 0 bridgehead atoms. The molecule has 1 aliphatic carbocycles. The summed E-state index contributed by atoms with van der Waals surface area (Å²) in [5, 5.41) is 9.32. The fourth-order valence-electron chi connectivity index (χ4n) is 2.57. The molecule has 1 aliphatic rings. The van der Waals surface area contributed by atoms with Crippen LogP contribution in [0, 0.1) is 0 Å². The number of aliphatic hydroxyl groups is 1. The normalized spacial score (nSPS) is 33.0. The summed E-state index contributed by atoms with van der Waals surface area (Å²) in [4.78, 5) is 2.33. The minimum absolute atomic E-state index is 0.0933. The van der Waals surface area contributed by atoms with Crippen molar-refractivity contribution in [2.75, 3.05) is 27.4 Å². The van der Waals surface area contributed by atoms with Crippen LogP contribution < -0.4 is 5.73 Å². The van der Waals surface area contributed by atoms with Crippen molar-refractivity contribution >= 4 is 0 Å². The Bertz CT molecular complexity index is 213. The second-order valence-electron chi connectivity index (χ2n) is 5.24. The van der Waals surface area contributed by atoms with Crippen LogP contribution in [0.25, 0.3) is 0 Å². The van der Waals surface area contributed by atoms with Gasteiger partial charge < -0.3 is 15.6 Å². The zero-order valence-electron chi connectivity index (χ0n) is 10.8. The maximum atomic E-state index is 9.32. The smallest absolute Gasteiger partial charge is 0.0615 e. The molecule has 1 saturated carbocycles. The van der Waals surface area contributed by atoms with Gasteiger partial charge in [0.2, 0.25) is 0 Å². The van der Waals surface area contributed by atoms with Crippen LogP contribution in [0.4, 0.5) is 0 Å². The number of rotatable bonds is 5. The molecule has 3 unspecified atom stereocenters. The van der Waals surface area contributed by atoms with E-state index in [1.807, 2.05) is 0 Å². The van der Waals surface area contributed by atoms with E-state index in [0.717, 1.165) is 25.9 Å². The van der Waals surface area contributed by atoms with Crippen LogP contribution in [0.3, 0.4) is 0 Å². The van der Waals surface area contributed by atoms with Crippen LogP contribution in [-0.2, 0) is 4.74 Å². The summed E-state index contributed by atoms with van der Waals surface area (Å²) >= 11 is 0. The molecule has 4 heteroatoms. The van der Waals surface area contributed by atoms with E-state index in [2.05, 4.69) is 18.9 Å². The quantitative estimate of drug-likeness (QED) is 0.725. The lowest BCUT2D eigenvalue weighted by Crippen LogP contribution is -2.54. The van der Waals surface area contributed by atoms with Crippen molar-refractivity contribution in [2.45, 2.75) is 50.2 Å². The molecule has 0 amide bonds. The molecule has 3 atom stereocenters. The first-order valence-corrected chi connectivity index (χ1v) is 6.13. The van der Waals surface area contributed by atoms with Gasteiger partial charge in [0, 0.05) is 24.7 Å². The molecule has 0 aromatic rings. The van der Waals surface area contributed by atoms with Crippen LogP contribution >= 0.6 is 0 Å². The van der Waals surface area contributed by atoms with Crippen molar-refractivity contribution < 1.29 is 9.84 Å². The van der Waals surface area contributed by atoms with Crippen molar-refractivity contribution in [2.24, 2.45) is 5.73 Å². The highest BCUT2D eigenvalue weighted by molar-refractivity contribution is 4.94. The SMILES string of the molecule is COCC(C)N(C)C1CCCC(N)(CO)C1. The third kappa shape index (κ3) is 3.42. The van der Waals surface area contributed by atoms with Crippen molar-refractivity contribution in [1.82, 2.24) is 4.90 Å². The third-order valence-corrected chi connectivity index (χ3v) is 3.85. The van der Waals surface area contributed by atoms with E-state index in [1.54, 1.807) is 7.11 Å². The molecular weight excluding hydrogens is 204 g/mol. The highest BCUT2D eigenvalue weighted by Crippen LogP contribution is 2.29. The number of nitrogens with two attached hydrogens (primary N) is 1. The van der Waals surface area contributed by atoms with Crippen LogP contribution in [-0.4, -0.2) is 55.0 Å². The summed E-state index contributed by atoms with van der Waals surface area (Å²) in [6, 6.07) is 0.868. The van der Waals surface area contributed by atoms with E-state index in [9.17, 15) is 5.11 Å². The highest BCUT2D eigenvalue weighted by Gasteiger charge is 2.34. The van der Waals surface area contributed by atoms with E-state index in [1.165, 1.54) is 6.42 Å². The van der Waals surface area contributed by atoms with Gasteiger partial charge in [-0.1, -0.05) is 0 Å². The summed E-state index contributed by atoms with van der Waals surface area (Å²) in [5.41, 5.74) is 5.78. The average Bonchev–Trinajstić information content (AvgIpc) is 2.28. The monoisotopic (exact) mass is 230 g/mol. The summed E-state index contributed by atoms with van der Waals surface area (Å²) in [7, 11) is 3.85. The van der Waals surface area contributed by atoms with Crippen LogP contribution in [0.5, 0.6) is 0 Å². The van der Waals surface area contributed by atoms with Gasteiger partial charge in [0.05, 0.1) is 13.2 Å². The third-order valence-electron chi connectivity index (χ3n) is 3.85. The molecule has 0 aliphatic heterocycles. The predicted molar refractivity (Wildman–Crippen MR) is 65.4 cm³/mol. The highest BCUT2D eigenvalue weighted by atomic mass is 16.5. The Kier molecular flexibility index (Phi) is 5.18. The van der Waals surface area contributed by atoms with Crippen molar-refractivity contribution in [3.05, 3.63) is 0 Å². The van der Waals surface area contributed by atoms with Crippen LogP contribution in [0.1, 0.15) is 32.6 Å². The molecule has 1 fully saturated rings. The molecule has 1 rings (SSSR count). The lowest BCUT2D eigenvalue weighted by molar-refractivity contribution is 0.0463. The summed E-state index contributed by atoms with van der Waals surface area (Å²) in [6.07, 6.45) is 4.09. The van der Waals surface area contributed by atoms with E-state index in [-0.39, 0.29) is 12.1 Å². The second-order valence-corrected chi connectivity index (χ2v) is 5.24. The summed E-state index contributed by atoms with van der Waals surface area (Å²) in [5.74, 6) is 0. The molecule has 0 aromatic heterocycles. The zero-order chi connectivity index (χ0) is 12.2. The maximum Gasteiger partial charge on any atom is 0.0615 e. The fourth-order valence-corrected chi connectivity index (χ4v) is 2.57. The molecule has 0 spiro atoms. The van der Waals surface area contributed by atoms with Crippen molar-refractivity contribution in [1.29, 1.82) is 0 Å². The number of likely N-dealkylation sites (N-methyl/N-ethyl adjacent to an activating group) is 1. The molecule has 0 heterocycles. The molecule has 4 nitrogen and oxygen atoms in total. The Morgan fingerprint density at radius 2 is 2.31 bits per heavy atom. The summed E-state index contributed by atoms with van der Waals surface area (Å²) in [6.45, 7) is 2.99. The minimum atomic E-state index is -0.371. The minimum Gasteiger partial charge on any atom is -0.394 e. The van der Waals surface area contributed by atoms with Crippen LogP contribution in [0.15, 0.2) is 0 Å². The topological polar surface area (TPSA) is 58.7 Å². The van der Waals surface area contributed by atoms with Gasteiger partial charge >= 0.3 is 0 Å². The number of ether oxygens (including phenoxy) is 1. The average molecular weight is 230 g/mol. The summed E-state index contributed by atoms with van der Waals surface area (Å²) < 4.78 is 5.17. The van der Waals surface area contributed by atoms with E-state index >= 15 is 0 Å². The number of aliphatic hydroxyl groups excluding tert-OH is 1. The Hall–Kier alpha value is -0.160. The first-order chi connectivity index (χ1) is 7.52. The first-order valence-electron chi connectivity index (χ1n) is 6.13. The van der Waals surface area contributed by atoms with Gasteiger partial charge in [-0.05, 0) is 39.7 Å². The van der Waals surface area contributed by atoms with Gasteiger partial charge in [-0.25, -0.2) is 0 Å². The first kappa shape index (κ1) is 13.9. The molecular formula is C12H26N2O2. The van der Waals surface area contributed by atoms with Crippen molar-refractivity contribution in [3.63, 3.8) is 0 Å². The molecule has 16 heavy (non-hydrogen) atoms. The Balaban J connectivity index is 2.52. The number of hydrogen-bond acceptors (Lipinski definition) is 4. The van der Waals surface area contributed by atoms with E-state index < -0.39 is 0 Å². The number of methoxy groups -OCH3 is 1. The fraction of sp³-hybridized carbons (Fsp3) is 1.00. The van der Waals surface area contributed by atoms with E-state index in [0.29, 0.717) is 12.1 Å². The molecule has 0 saturated heterocycles. The number of nitrogens with zero attached hydrogens (tertiary/aromatic N) is 1. The Morgan fingerprint density at radius 3 is 2.88 bits per heavy atom. The van der Waals surface area contributed by atoms with Gasteiger partial charge in [-0.3, -0.25) is 4.90 Å². The molecule has 0 radical (unpaired) electrons. The van der Waals surface area contributed by atoms with Gasteiger partial charge in [0.1, 0.15) is 0 Å². The van der Waals surface area contributed by atoms with Crippen LogP contribution in [0.2, 0.25) is 0 Å². The standard InChI is InChI=1S/C12H26N2O2/c1-10(8-16-3)14(2)11-5-4-6-12(13,7-11)9-15/h10-11,15H,4-9,13H2,1-3H3. The molecule has 96 valence electrons. The predicted octanol–water partition coefficient (Wildman–Crippen LogP) is 0.586. The van der Waals surface area contributed by atoms with Gasteiger partial charge in [0.25, 0.3) is 0 Å². The molecule has 3 N–H and O–H groups in total. The van der Waals surface area contributed by atoms with Gasteiger partial charge in [-0.2, -0.15) is 0 Å². The lowest BCUT2D eigenvalue weighted by atomic mass is 9.79. The second kappa shape index (κ2) is 5.96. The largest absolute Gasteiger partial charge is 0.394 e. The Labute approximate surface area is 98.8 Å². The van der Waals surface area contributed by atoms with E-state index in [4.69, 9.17) is 10.5 Å². The maximum absolute atomic E-state index is 9.32. The lowest BCUT2D eigenvalue weighted by Gasteiger charge is -2.42. The Morgan fingerprint density at radius 1 is 1.62 bits per heavy atom. The van der Waals surface area contributed by atoms with Gasteiger partial charge in [-0.15, -0.1) is 0 Å².